The molecule has 1 spiro atoms. The fourth-order valence-electron chi connectivity index (χ4n) is 10.1. The number of rotatable bonds is 16. The molecular formula is C49H58ClN3O8S. The third-order valence-electron chi connectivity index (χ3n) is 14.0. The average molecular weight is 885 g/mol. The first-order chi connectivity index (χ1) is 29.8. The van der Waals surface area contributed by atoms with Gasteiger partial charge in [-0.2, -0.15) is 17.0 Å². The first kappa shape index (κ1) is 44.0. The predicted octanol–water partition coefficient (Wildman–Crippen LogP) is 8.78. The molecule has 1 fully saturated rings. The normalized spacial score (nSPS) is 22.9. The van der Waals surface area contributed by atoms with Crippen molar-refractivity contribution in [2.45, 2.75) is 76.1 Å². The van der Waals surface area contributed by atoms with E-state index < -0.39 is 16.2 Å². The molecule has 330 valence electrons. The number of methoxy groups -OCH3 is 3. The fraction of sp³-hybridized carbons (Fsp3) is 0.449. The number of anilines is 1. The molecule has 6 atom stereocenters. The summed E-state index contributed by atoms with van der Waals surface area (Å²) in [6.45, 7) is 4.33. The van der Waals surface area contributed by atoms with Crippen LogP contribution in [0.3, 0.4) is 0 Å². The highest BCUT2D eigenvalue weighted by Gasteiger charge is 2.47. The molecule has 0 amide bonds. The molecule has 4 aliphatic rings. The summed E-state index contributed by atoms with van der Waals surface area (Å²) in [5.74, 6) is 1.74. The number of aryl methyl sites for hydroxylation is 1. The van der Waals surface area contributed by atoms with Crippen LogP contribution in [0.5, 0.6) is 17.2 Å². The second kappa shape index (κ2) is 18.3. The van der Waals surface area contributed by atoms with Crippen LogP contribution >= 0.6 is 11.6 Å². The van der Waals surface area contributed by atoms with Crippen molar-refractivity contribution in [3.05, 3.63) is 129 Å². The van der Waals surface area contributed by atoms with E-state index in [4.69, 9.17) is 30.5 Å². The van der Waals surface area contributed by atoms with E-state index in [-0.39, 0.29) is 48.0 Å². The molecule has 1 heterocycles. The summed E-state index contributed by atoms with van der Waals surface area (Å²) < 4.78 is 55.6. The number of nitrogens with zero attached hydrogens (tertiary/aromatic N) is 3. The van der Waals surface area contributed by atoms with Gasteiger partial charge in [-0.05, 0) is 146 Å². The summed E-state index contributed by atoms with van der Waals surface area (Å²) in [4.78, 5) is 14.6. The number of halogens is 1. The van der Waals surface area contributed by atoms with Crippen LogP contribution < -0.4 is 19.1 Å². The lowest BCUT2D eigenvalue weighted by Gasteiger charge is -2.48. The van der Waals surface area contributed by atoms with Gasteiger partial charge in [-0.3, -0.25) is 0 Å². The van der Waals surface area contributed by atoms with Gasteiger partial charge in [-0.25, -0.2) is 4.79 Å². The van der Waals surface area contributed by atoms with Gasteiger partial charge in [0.1, 0.15) is 17.2 Å². The molecule has 0 saturated heterocycles. The minimum absolute atomic E-state index is 0.0218. The van der Waals surface area contributed by atoms with Crippen LogP contribution in [0, 0.1) is 17.8 Å². The lowest BCUT2D eigenvalue weighted by Crippen LogP contribution is -2.51. The van der Waals surface area contributed by atoms with Gasteiger partial charge in [0.15, 0.2) is 0 Å². The number of benzene rings is 4. The molecule has 1 N–H and O–H groups in total. The second-order valence-electron chi connectivity index (χ2n) is 17.6. The molecule has 1 saturated carbocycles. The molecule has 0 aromatic heterocycles. The van der Waals surface area contributed by atoms with E-state index in [0.717, 1.165) is 66.9 Å². The van der Waals surface area contributed by atoms with E-state index in [9.17, 15) is 18.3 Å². The van der Waals surface area contributed by atoms with Gasteiger partial charge in [0.2, 0.25) is 0 Å². The molecule has 11 nitrogen and oxygen atoms in total. The number of carbonyl (C=O) groups is 1. The Bertz CT molecular complexity index is 2340. The standard InChI is InChI=1S/C49H58ClN3O8S/c1-32(51(2)62(56,57)53(27-33-8-15-41(58-3)16-9-33)28-34-10-17-42(59-4)18-11-34)38-23-39(24-38)47(60-5)43-19-12-37(43)29-52-30-49(22-6-7-35-25-40(50)14-20-44(35)49)31-61-46-21-13-36(48(54)55)26-45(46)52/h8-11,13-18,20-21,23,25-26,32,37-38,43,47H,6-7,12,19,22,24,27-31H2,1-5H3,(H,54,55)/t32?,37-,38?,43+,47?,49-/m0/s1. The molecule has 4 aromatic carbocycles. The van der Waals surface area contributed by atoms with Crippen molar-refractivity contribution in [1.29, 1.82) is 0 Å². The van der Waals surface area contributed by atoms with Crippen LogP contribution in [0.25, 0.3) is 0 Å². The minimum atomic E-state index is -3.91. The third kappa shape index (κ3) is 8.82. The SMILES string of the molecule is COc1ccc(CN(Cc2ccc(OC)cc2)S(=O)(=O)N(C)C(C)C2C=C(C(OC)[C@@H]3CC[C@H]3CN3C[C@@]4(CCCc5cc(Cl)ccc54)COc4ccc(C(=O)O)cc43)C2)cc1. The molecule has 8 rings (SSSR count). The summed E-state index contributed by atoms with van der Waals surface area (Å²) in [6.07, 6.45) is 7.86. The largest absolute Gasteiger partial charge is 0.497 e. The molecule has 62 heavy (non-hydrogen) atoms. The predicted molar refractivity (Wildman–Crippen MR) is 242 cm³/mol. The van der Waals surface area contributed by atoms with Crippen molar-refractivity contribution in [1.82, 2.24) is 8.61 Å². The zero-order chi connectivity index (χ0) is 43.8. The van der Waals surface area contributed by atoms with Gasteiger partial charge in [-0.1, -0.05) is 48.0 Å². The first-order valence-corrected chi connectivity index (χ1v) is 23.4. The lowest BCUT2D eigenvalue weighted by molar-refractivity contribution is -0.000542. The molecule has 4 aromatic rings. The van der Waals surface area contributed by atoms with Crippen molar-refractivity contribution >= 4 is 33.5 Å². The molecule has 13 heteroatoms. The molecule has 0 radical (unpaired) electrons. The number of carboxylic acids is 1. The average Bonchev–Trinajstić information content (AvgIpc) is 3.40. The maximum Gasteiger partial charge on any atom is 0.335 e. The van der Waals surface area contributed by atoms with E-state index in [1.807, 2.05) is 67.6 Å². The van der Waals surface area contributed by atoms with Crippen LogP contribution in [0.15, 0.2) is 96.6 Å². The smallest absolute Gasteiger partial charge is 0.335 e. The number of ether oxygens (including phenoxy) is 4. The van der Waals surface area contributed by atoms with Gasteiger partial charge in [0.25, 0.3) is 10.2 Å². The summed E-state index contributed by atoms with van der Waals surface area (Å²) in [5, 5.41) is 10.7. The molecule has 3 aliphatic carbocycles. The van der Waals surface area contributed by atoms with E-state index in [1.165, 1.54) is 25.3 Å². The quantitative estimate of drug-likeness (QED) is 0.110. The van der Waals surface area contributed by atoms with E-state index in [2.05, 4.69) is 23.1 Å². The Hall–Kier alpha value is -4.59. The summed E-state index contributed by atoms with van der Waals surface area (Å²) in [6, 6.07) is 26.1. The lowest BCUT2D eigenvalue weighted by atomic mass is 9.65. The molecule has 1 aliphatic heterocycles. The van der Waals surface area contributed by atoms with Crippen LogP contribution in [0.1, 0.15) is 71.6 Å². The first-order valence-electron chi connectivity index (χ1n) is 21.6. The summed E-state index contributed by atoms with van der Waals surface area (Å²) >= 11 is 6.47. The van der Waals surface area contributed by atoms with Crippen LogP contribution in [0.4, 0.5) is 5.69 Å². The van der Waals surface area contributed by atoms with Crippen LogP contribution in [-0.2, 0) is 39.9 Å². The van der Waals surface area contributed by atoms with Crippen molar-refractivity contribution in [3.8, 4) is 17.2 Å². The number of carboxylic acid groups (broad SMARTS) is 1. The minimum Gasteiger partial charge on any atom is -0.497 e. The Labute approximate surface area is 371 Å². The summed E-state index contributed by atoms with van der Waals surface area (Å²) in [7, 11) is 2.77. The number of hydrogen-bond donors (Lipinski definition) is 1. The van der Waals surface area contributed by atoms with Crippen molar-refractivity contribution in [2.24, 2.45) is 17.8 Å². The highest BCUT2D eigenvalue weighted by molar-refractivity contribution is 7.86. The van der Waals surface area contributed by atoms with Crippen molar-refractivity contribution < 1.29 is 37.3 Å². The Kier molecular flexibility index (Phi) is 13.0. The maximum absolute atomic E-state index is 14.5. The zero-order valence-electron chi connectivity index (χ0n) is 36.3. The molecular weight excluding hydrogens is 826 g/mol. The van der Waals surface area contributed by atoms with Gasteiger partial charge in [0, 0.05) is 56.8 Å². The molecule has 0 bridgehead atoms. The number of hydrogen-bond acceptors (Lipinski definition) is 8. The zero-order valence-corrected chi connectivity index (χ0v) is 37.8. The third-order valence-corrected chi connectivity index (χ3v) is 16.2. The topological polar surface area (TPSA) is 118 Å². The van der Waals surface area contributed by atoms with Gasteiger partial charge in [0.05, 0.1) is 38.2 Å². The molecule has 3 unspecified atom stereocenters. The highest BCUT2D eigenvalue weighted by atomic mass is 35.5. The monoisotopic (exact) mass is 883 g/mol. The van der Waals surface area contributed by atoms with Crippen molar-refractivity contribution in [3.63, 3.8) is 0 Å². The number of aromatic carboxylic acids is 1. The Morgan fingerprint density at radius 1 is 0.952 bits per heavy atom. The Morgan fingerprint density at radius 2 is 1.61 bits per heavy atom. The number of fused-ring (bicyclic) bond motifs is 3. The second-order valence-corrected chi connectivity index (χ2v) is 20.0. The van der Waals surface area contributed by atoms with Crippen molar-refractivity contribution in [2.75, 3.05) is 53.0 Å². The van der Waals surface area contributed by atoms with E-state index in [1.54, 1.807) is 40.5 Å². The van der Waals surface area contributed by atoms with E-state index in [0.29, 0.717) is 36.3 Å². The van der Waals surface area contributed by atoms with Crippen LogP contribution in [0.2, 0.25) is 5.02 Å². The maximum atomic E-state index is 14.5. The fourth-order valence-corrected chi connectivity index (χ4v) is 11.9. The van der Waals surface area contributed by atoms with Gasteiger partial charge in [-0.15, -0.1) is 0 Å². The van der Waals surface area contributed by atoms with Gasteiger partial charge < -0.3 is 29.0 Å². The highest BCUT2D eigenvalue weighted by Crippen LogP contribution is 2.49. The van der Waals surface area contributed by atoms with Crippen LogP contribution in [-0.4, -0.2) is 88.3 Å². The summed E-state index contributed by atoms with van der Waals surface area (Å²) in [5.41, 5.74) is 6.22. The Morgan fingerprint density at radius 3 is 2.19 bits per heavy atom. The van der Waals surface area contributed by atoms with Gasteiger partial charge >= 0.3 is 5.97 Å². The van der Waals surface area contributed by atoms with E-state index >= 15 is 0 Å². The Balaban J connectivity index is 0.992.